The smallest absolute Gasteiger partial charge is 0.190 e. The normalized spacial score (nSPS) is 52.3. The summed E-state index contributed by atoms with van der Waals surface area (Å²) in [5.74, 6) is -3.04. The molecular formula is C22H28F2O4. The lowest BCUT2D eigenvalue weighted by Gasteiger charge is -2.61. The molecule has 28 heavy (non-hydrogen) atoms. The predicted molar refractivity (Wildman–Crippen MR) is 99.5 cm³/mol. The minimum atomic E-state index is -2.11. The highest BCUT2D eigenvalue weighted by Gasteiger charge is 2.75. The second-order valence-corrected chi connectivity index (χ2v) is 9.55. The summed E-state index contributed by atoms with van der Waals surface area (Å²) in [4.78, 5) is 12.5. The van der Waals surface area contributed by atoms with E-state index in [9.17, 15) is 20.1 Å². The van der Waals surface area contributed by atoms with E-state index in [2.05, 4.69) is 0 Å². The number of aliphatic hydroxyl groups excluding tert-OH is 2. The van der Waals surface area contributed by atoms with Crippen LogP contribution in [0.5, 0.6) is 0 Å². The fraction of sp³-hybridized carbons (Fsp3) is 0.682. The van der Waals surface area contributed by atoms with Crippen LogP contribution in [0.15, 0.2) is 35.7 Å². The molecule has 4 nitrogen and oxygen atoms in total. The maximum absolute atomic E-state index is 16.8. The summed E-state index contributed by atoms with van der Waals surface area (Å²) in [5.41, 5.74) is -6.20. The van der Waals surface area contributed by atoms with E-state index in [0.29, 0.717) is 6.42 Å². The van der Waals surface area contributed by atoms with Gasteiger partial charge in [0.2, 0.25) is 0 Å². The number of hydrogen-bond donors (Lipinski definition) is 3. The van der Waals surface area contributed by atoms with Crippen molar-refractivity contribution in [3.63, 3.8) is 0 Å². The van der Waals surface area contributed by atoms with Gasteiger partial charge >= 0.3 is 0 Å². The largest absolute Gasteiger partial charge is 0.390 e. The highest BCUT2D eigenvalue weighted by Crippen LogP contribution is 2.70. The second kappa shape index (κ2) is 5.83. The van der Waals surface area contributed by atoms with Crippen molar-refractivity contribution in [2.24, 2.45) is 28.6 Å². The van der Waals surface area contributed by atoms with Crippen LogP contribution in [-0.2, 0) is 4.79 Å². The van der Waals surface area contributed by atoms with Crippen LogP contribution in [0, 0.1) is 28.6 Å². The summed E-state index contributed by atoms with van der Waals surface area (Å²) in [6.07, 6.45) is 5.07. The van der Waals surface area contributed by atoms with Gasteiger partial charge in [-0.15, -0.1) is 0 Å². The Morgan fingerprint density at radius 3 is 2.61 bits per heavy atom. The highest BCUT2D eigenvalue weighted by molar-refractivity contribution is 5.90. The molecule has 0 spiro atoms. The Bertz CT molecular complexity index is 819. The molecule has 0 aliphatic heterocycles. The number of allylic oxidation sites excluding steroid dienone is 6. The molecule has 2 fully saturated rings. The van der Waals surface area contributed by atoms with Gasteiger partial charge in [-0.3, -0.25) is 4.79 Å². The summed E-state index contributed by atoms with van der Waals surface area (Å²) >= 11 is 0. The van der Waals surface area contributed by atoms with Crippen molar-refractivity contribution in [3.8, 4) is 0 Å². The summed E-state index contributed by atoms with van der Waals surface area (Å²) in [5, 5.41) is 31.9. The maximum Gasteiger partial charge on any atom is 0.190 e. The van der Waals surface area contributed by atoms with Crippen LogP contribution >= 0.6 is 0 Å². The Morgan fingerprint density at radius 1 is 1.29 bits per heavy atom. The van der Waals surface area contributed by atoms with Crippen molar-refractivity contribution >= 4 is 5.78 Å². The molecule has 0 radical (unpaired) electrons. The number of ketones is 1. The third-order valence-electron chi connectivity index (χ3n) is 8.56. The zero-order valence-corrected chi connectivity index (χ0v) is 16.5. The van der Waals surface area contributed by atoms with E-state index in [4.69, 9.17) is 0 Å². The molecule has 0 bridgehead atoms. The molecule has 0 aromatic carbocycles. The molecule has 6 heteroatoms. The van der Waals surface area contributed by atoms with Crippen molar-refractivity contribution in [2.45, 2.75) is 57.4 Å². The molecule has 0 heterocycles. The van der Waals surface area contributed by atoms with Gasteiger partial charge in [0.25, 0.3) is 0 Å². The van der Waals surface area contributed by atoms with Crippen molar-refractivity contribution < 1.29 is 28.9 Å². The van der Waals surface area contributed by atoms with E-state index in [1.807, 2.05) is 0 Å². The number of hydrogen-bond acceptors (Lipinski definition) is 4. The van der Waals surface area contributed by atoms with Crippen LogP contribution in [0.2, 0.25) is 0 Å². The maximum atomic E-state index is 16.8. The van der Waals surface area contributed by atoms with Crippen LogP contribution in [0.4, 0.5) is 8.78 Å². The van der Waals surface area contributed by atoms with Gasteiger partial charge in [0, 0.05) is 17.8 Å². The Labute approximate surface area is 163 Å². The number of alkyl halides is 1. The standard InChI is InChI=1S/C22H28F2O4/c1-12-8-14-15-9-16(23)13-6-4-5-7-19(13,2)21(15,24)17(26)10-20(14,3)22(12,28)18(27)11-25/h4-7,12,14-15,17,25-26,28H,8-11H2,1-3H3/t12?,14-,15-,17?,19-,20-,21-,22-/m0/s1. The predicted octanol–water partition coefficient (Wildman–Crippen LogP) is 2.79. The molecule has 0 aromatic rings. The first-order chi connectivity index (χ1) is 13.0. The molecular weight excluding hydrogens is 366 g/mol. The fourth-order valence-electron chi connectivity index (χ4n) is 7.07. The Balaban J connectivity index is 1.89. The molecule has 0 aromatic heterocycles. The van der Waals surface area contributed by atoms with Crippen LogP contribution in [0.25, 0.3) is 0 Å². The minimum absolute atomic E-state index is 0.126. The zero-order valence-electron chi connectivity index (χ0n) is 16.5. The minimum Gasteiger partial charge on any atom is -0.390 e. The Kier molecular flexibility index (Phi) is 4.15. The number of halogens is 2. The van der Waals surface area contributed by atoms with E-state index >= 15 is 8.78 Å². The molecule has 8 atom stereocenters. The number of aliphatic hydroxyl groups is 3. The van der Waals surface area contributed by atoms with Gasteiger partial charge in [-0.05, 0) is 37.2 Å². The van der Waals surface area contributed by atoms with Gasteiger partial charge in [-0.1, -0.05) is 38.2 Å². The second-order valence-electron chi connectivity index (χ2n) is 9.55. The van der Waals surface area contributed by atoms with Crippen molar-refractivity contribution in [1.82, 2.24) is 0 Å². The number of Topliss-reactive ketones (excluding diaryl/α,β-unsaturated/α-hetero) is 1. The van der Waals surface area contributed by atoms with Crippen LogP contribution in [0.3, 0.4) is 0 Å². The van der Waals surface area contributed by atoms with Crippen LogP contribution in [-0.4, -0.2) is 45.1 Å². The quantitative estimate of drug-likeness (QED) is 0.673. The molecule has 3 N–H and O–H groups in total. The van der Waals surface area contributed by atoms with Crippen LogP contribution in [0.1, 0.15) is 40.0 Å². The van der Waals surface area contributed by atoms with E-state index in [1.165, 1.54) is 0 Å². The van der Waals surface area contributed by atoms with Crippen molar-refractivity contribution in [2.75, 3.05) is 6.61 Å². The molecule has 0 saturated heterocycles. The Morgan fingerprint density at radius 2 is 1.96 bits per heavy atom. The van der Waals surface area contributed by atoms with Crippen LogP contribution < -0.4 is 0 Å². The van der Waals surface area contributed by atoms with Crippen molar-refractivity contribution in [3.05, 3.63) is 35.7 Å². The van der Waals surface area contributed by atoms with Crippen molar-refractivity contribution in [1.29, 1.82) is 0 Å². The molecule has 2 saturated carbocycles. The summed E-state index contributed by atoms with van der Waals surface area (Å²) < 4.78 is 31.9. The van der Waals surface area contributed by atoms with E-state index < -0.39 is 64.2 Å². The molecule has 2 unspecified atom stereocenters. The fourth-order valence-corrected chi connectivity index (χ4v) is 7.07. The zero-order chi connectivity index (χ0) is 20.7. The Hall–Kier alpha value is -1.37. The summed E-state index contributed by atoms with van der Waals surface area (Å²) in [6, 6.07) is 0. The van der Waals surface area contributed by atoms with E-state index in [1.54, 1.807) is 45.1 Å². The third kappa shape index (κ3) is 1.97. The van der Waals surface area contributed by atoms with Gasteiger partial charge in [0.15, 0.2) is 11.5 Å². The average Bonchev–Trinajstić information content (AvgIpc) is 2.85. The number of rotatable bonds is 2. The molecule has 4 aliphatic carbocycles. The molecule has 4 rings (SSSR count). The van der Waals surface area contributed by atoms with Gasteiger partial charge in [-0.25, -0.2) is 8.78 Å². The lowest BCUT2D eigenvalue weighted by atomic mass is 9.45. The first-order valence-corrected chi connectivity index (χ1v) is 9.97. The summed E-state index contributed by atoms with van der Waals surface area (Å²) in [6.45, 7) is 4.17. The van der Waals surface area contributed by atoms with Gasteiger partial charge < -0.3 is 15.3 Å². The SMILES string of the molecule is CC1C[C@H]2[C@@H]3CC(F)=C4C=CC=C[C@]4(C)[C@@]3(F)C(O)C[C@]2(C)[C@@]1(O)C(=O)CO. The molecule has 154 valence electrons. The summed E-state index contributed by atoms with van der Waals surface area (Å²) in [7, 11) is 0. The van der Waals surface area contributed by atoms with Gasteiger partial charge in [0.05, 0.1) is 11.5 Å². The first kappa shape index (κ1) is 19.9. The monoisotopic (exact) mass is 394 g/mol. The van der Waals surface area contributed by atoms with Gasteiger partial charge in [0.1, 0.15) is 18.0 Å². The number of carbonyl (C=O) groups is 1. The molecule has 4 aliphatic rings. The molecule has 0 amide bonds. The topological polar surface area (TPSA) is 77.8 Å². The average molecular weight is 394 g/mol. The third-order valence-corrected chi connectivity index (χ3v) is 8.56. The van der Waals surface area contributed by atoms with Gasteiger partial charge in [-0.2, -0.15) is 0 Å². The highest BCUT2D eigenvalue weighted by atomic mass is 19.1. The number of carbonyl (C=O) groups excluding carboxylic acids is 1. The lowest BCUT2D eigenvalue weighted by Crippen LogP contribution is -2.69. The lowest BCUT2D eigenvalue weighted by molar-refractivity contribution is -0.216. The van der Waals surface area contributed by atoms with E-state index in [0.717, 1.165) is 0 Å². The number of fused-ring (bicyclic) bond motifs is 5. The van der Waals surface area contributed by atoms with E-state index in [-0.39, 0.29) is 18.4 Å². The first-order valence-electron chi connectivity index (χ1n) is 9.97.